The van der Waals surface area contributed by atoms with Gasteiger partial charge in [0.1, 0.15) is 0 Å². The van der Waals surface area contributed by atoms with Gasteiger partial charge in [-0.15, -0.1) is 0 Å². The van der Waals surface area contributed by atoms with Crippen molar-refractivity contribution in [1.29, 1.82) is 0 Å². The summed E-state index contributed by atoms with van der Waals surface area (Å²) in [7, 11) is 0. The molecule has 5 unspecified atom stereocenters. The van der Waals surface area contributed by atoms with Crippen molar-refractivity contribution in [3.63, 3.8) is 0 Å². The molecule has 3 aliphatic carbocycles. The van der Waals surface area contributed by atoms with E-state index >= 15 is 0 Å². The molecule has 5 atom stereocenters. The van der Waals surface area contributed by atoms with Crippen molar-refractivity contribution in [1.82, 2.24) is 4.90 Å². The lowest BCUT2D eigenvalue weighted by Crippen LogP contribution is -2.44. The van der Waals surface area contributed by atoms with Crippen molar-refractivity contribution in [2.24, 2.45) is 5.92 Å². The highest BCUT2D eigenvalue weighted by atomic mass is 15.2. The Balaban J connectivity index is 1.32. The van der Waals surface area contributed by atoms with E-state index in [1.807, 2.05) is 6.07 Å². The first-order valence-corrected chi connectivity index (χ1v) is 11.9. The Morgan fingerprint density at radius 2 is 1.69 bits per heavy atom. The van der Waals surface area contributed by atoms with Gasteiger partial charge in [-0.1, -0.05) is 97.1 Å². The van der Waals surface area contributed by atoms with E-state index in [9.17, 15) is 0 Å². The molecule has 1 heterocycles. The Bertz CT molecular complexity index is 1150. The number of hydrogen-bond acceptors (Lipinski definition) is 2. The molecule has 2 nitrogen and oxygen atoms in total. The van der Waals surface area contributed by atoms with Crippen molar-refractivity contribution in [2.45, 2.75) is 43.3 Å². The van der Waals surface area contributed by atoms with Crippen LogP contribution in [-0.2, 0) is 0 Å². The summed E-state index contributed by atoms with van der Waals surface area (Å²) in [6.45, 7) is 0. The second-order valence-corrected chi connectivity index (χ2v) is 9.43. The lowest BCUT2D eigenvalue weighted by atomic mass is 9.79. The van der Waals surface area contributed by atoms with Gasteiger partial charge in [0.05, 0.1) is 0 Å². The summed E-state index contributed by atoms with van der Waals surface area (Å²) in [5.74, 6) is 0.933. The van der Waals surface area contributed by atoms with E-state index in [1.165, 1.54) is 24.0 Å². The summed E-state index contributed by atoms with van der Waals surface area (Å²) in [5, 5.41) is 0. The van der Waals surface area contributed by atoms with Crippen LogP contribution in [0.2, 0.25) is 0 Å². The van der Waals surface area contributed by atoms with Crippen LogP contribution in [0.5, 0.6) is 0 Å². The highest BCUT2D eigenvalue weighted by molar-refractivity contribution is 5.76. The van der Waals surface area contributed by atoms with Crippen molar-refractivity contribution >= 4 is 5.69 Å². The molecular formula is C30H30N2. The van der Waals surface area contributed by atoms with Crippen LogP contribution in [-0.4, -0.2) is 23.0 Å². The zero-order chi connectivity index (χ0) is 21.5. The van der Waals surface area contributed by atoms with Crippen LogP contribution in [0.4, 0.5) is 5.69 Å². The van der Waals surface area contributed by atoms with Gasteiger partial charge < -0.3 is 5.73 Å². The van der Waals surface area contributed by atoms with Gasteiger partial charge >= 0.3 is 0 Å². The maximum absolute atomic E-state index is 6.53. The summed E-state index contributed by atoms with van der Waals surface area (Å²) in [6.07, 6.45) is 24.5. The van der Waals surface area contributed by atoms with Gasteiger partial charge in [-0.3, -0.25) is 4.90 Å². The molecule has 6 rings (SSSR count). The van der Waals surface area contributed by atoms with Crippen molar-refractivity contribution in [3.8, 4) is 11.1 Å². The minimum Gasteiger partial charge on any atom is -0.398 e. The number of likely N-dealkylation sites (tertiary alicyclic amines) is 1. The third-order valence-corrected chi connectivity index (χ3v) is 7.65. The monoisotopic (exact) mass is 418 g/mol. The fourth-order valence-electron chi connectivity index (χ4n) is 6.18. The fraction of sp³-hybridized carbons (Fsp3) is 0.267. The van der Waals surface area contributed by atoms with Crippen LogP contribution in [0.1, 0.15) is 30.7 Å². The molecule has 2 heteroatoms. The predicted octanol–water partition coefficient (Wildman–Crippen LogP) is 6.42. The van der Waals surface area contributed by atoms with Crippen LogP contribution in [0.15, 0.2) is 109 Å². The Morgan fingerprint density at radius 1 is 0.844 bits per heavy atom. The van der Waals surface area contributed by atoms with E-state index in [-0.39, 0.29) is 0 Å². The maximum Gasteiger partial charge on any atom is 0.0396 e. The van der Waals surface area contributed by atoms with E-state index < -0.39 is 0 Å². The van der Waals surface area contributed by atoms with Crippen LogP contribution in [0.25, 0.3) is 11.1 Å². The maximum atomic E-state index is 6.53. The summed E-state index contributed by atoms with van der Waals surface area (Å²) < 4.78 is 0. The van der Waals surface area contributed by atoms with E-state index in [1.54, 1.807) is 5.57 Å². The van der Waals surface area contributed by atoms with Crippen LogP contribution in [0, 0.1) is 5.92 Å². The number of nitrogens with zero attached hydrogens (tertiary/aromatic N) is 1. The number of allylic oxidation sites excluding steroid dienone is 5. The number of rotatable bonds is 3. The summed E-state index contributed by atoms with van der Waals surface area (Å²) in [6, 6.07) is 18.7. The molecule has 0 aromatic heterocycles. The highest BCUT2D eigenvalue weighted by Crippen LogP contribution is 2.47. The smallest absolute Gasteiger partial charge is 0.0396 e. The van der Waals surface area contributed by atoms with Gasteiger partial charge in [-0.05, 0) is 42.0 Å². The number of nitrogen functional groups attached to an aromatic ring is 1. The largest absolute Gasteiger partial charge is 0.398 e. The molecule has 0 spiro atoms. The molecule has 1 aliphatic heterocycles. The first-order valence-electron chi connectivity index (χ1n) is 11.9. The molecule has 0 saturated carbocycles. The molecule has 1 fully saturated rings. The van der Waals surface area contributed by atoms with Crippen molar-refractivity contribution in [3.05, 3.63) is 114 Å². The fourth-order valence-corrected chi connectivity index (χ4v) is 6.18. The summed E-state index contributed by atoms with van der Waals surface area (Å²) in [5.41, 5.74) is 12.7. The zero-order valence-corrected chi connectivity index (χ0v) is 18.3. The first-order chi connectivity index (χ1) is 15.8. The molecule has 4 aliphatic rings. The molecule has 160 valence electrons. The molecule has 0 bridgehead atoms. The van der Waals surface area contributed by atoms with Gasteiger partial charge in [0.15, 0.2) is 0 Å². The van der Waals surface area contributed by atoms with Gasteiger partial charge in [0.25, 0.3) is 0 Å². The third kappa shape index (κ3) is 3.30. The average molecular weight is 419 g/mol. The lowest BCUT2D eigenvalue weighted by molar-refractivity contribution is 0.167. The van der Waals surface area contributed by atoms with Crippen LogP contribution in [0.3, 0.4) is 0 Å². The van der Waals surface area contributed by atoms with Crippen molar-refractivity contribution in [2.75, 3.05) is 5.73 Å². The number of nitrogens with two attached hydrogens (primary N) is 1. The van der Waals surface area contributed by atoms with Gasteiger partial charge in [0, 0.05) is 41.2 Å². The first kappa shape index (κ1) is 19.6. The molecule has 2 aromatic carbocycles. The SMILES string of the molecule is Nc1cc(C2C=C3C4C=CC=CC4N(C4C=CC=CC4)C3CC2)ccc1-c1ccccc1. The third-order valence-electron chi connectivity index (χ3n) is 7.65. The second-order valence-electron chi connectivity index (χ2n) is 9.43. The zero-order valence-electron chi connectivity index (χ0n) is 18.3. The number of fused-ring (bicyclic) bond motifs is 3. The minimum atomic E-state index is 0.440. The topological polar surface area (TPSA) is 29.3 Å². The normalized spacial score (nSPS) is 30.8. The number of benzene rings is 2. The Hall–Kier alpha value is -3.10. The standard InChI is InChI=1S/C30H30N2/c31-28-20-23(15-17-25(28)21-9-3-1-4-10-21)22-16-18-30-27(19-22)26-13-7-8-14-29(26)32(30)24-11-5-2-6-12-24/h1-11,13-15,17,19-20,22,24,26,29-30H,12,16,18,31H2. The molecule has 0 radical (unpaired) electrons. The lowest BCUT2D eigenvalue weighted by Gasteiger charge is -2.37. The summed E-state index contributed by atoms with van der Waals surface area (Å²) in [4.78, 5) is 2.78. The summed E-state index contributed by atoms with van der Waals surface area (Å²) >= 11 is 0. The Kier molecular flexibility index (Phi) is 4.96. The Labute approximate surface area is 191 Å². The molecule has 2 aromatic rings. The molecular weight excluding hydrogens is 388 g/mol. The van der Waals surface area contributed by atoms with Crippen LogP contribution < -0.4 is 5.73 Å². The molecule has 32 heavy (non-hydrogen) atoms. The molecule has 0 amide bonds. The Morgan fingerprint density at radius 3 is 2.50 bits per heavy atom. The quantitative estimate of drug-likeness (QED) is 0.460. The van der Waals surface area contributed by atoms with Gasteiger partial charge in [0.2, 0.25) is 0 Å². The van der Waals surface area contributed by atoms with Gasteiger partial charge in [-0.25, -0.2) is 0 Å². The van der Waals surface area contributed by atoms with Crippen molar-refractivity contribution < 1.29 is 0 Å². The van der Waals surface area contributed by atoms with E-state index in [0.29, 0.717) is 30.0 Å². The average Bonchev–Trinajstić information content (AvgIpc) is 3.19. The second kappa shape index (κ2) is 8.11. The highest BCUT2D eigenvalue weighted by Gasteiger charge is 2.46. The molecule has 2 N–H and O–H groups in total. The van der Waals surface area contributed by atoms with E-state index in [2.05, 4.69) is 102 Å². The van der Waals surface area contributed by atoms with Gasteiger partial charge in [-0.2, -0.15) is 0 Å². The number of hydrogen-bond donors (Lipinski definition) is 1. The van der Waals surface area contributed by atoms with E-state index in [4.69, 9.17) is 5.73 Å². The van der Waals surface area contributed by atoms with Crippen LogP contribution >= 0.6 is 0 Å². The predicted molar refractivity (Wildman–Crippen MR) is 134 cm³/mol. The number of anilines is 1. The molecule has 1 saturated heterocycles. The van der Waals surface area contributed by atoms with E-state index in [0.717, 1.165) is 17.7 Å². The minimum absolute atomic E-state index is 0.440.